The van der Waals surface area contributed by atoms with Crippen molar-refractivity contribution < 1.29 is 32.3 Å². The van der Waals surface area contributed by atoms with Crippen LogP contribution in [-0.2, 0) is 19.5 Å². The lowest BCUT2D eigenvalue weighted by molar-refractivity contribution is 0.0525. The number of ether oxygens (including phenoxy) is 2. The zero-order valence-electron chi connectivity index (χ0n) is 19.1. The number of carbonyl (C=O) groups is 3. The number of esters is 2. The number of carbonyl (C=O) groups excluding carboxylic acids is 3. The number of benzene rings is 2. The van der Waals surface area contributed by atoms with Crippen LogP contribution in [0.5, 0.6) is 0 Å². The molecule has 178 valence electrons. The van der Waals surface area contributed by atoms with Crippen LogP contribution in [0.15, 0.2) is 47.4 Å². The van der Waals surface area contributed by atoms with Crippen molar-refractivity contribution in [1.29, 1.82) is 0 Å². The number of nitrogens with one attached hydrogen (secondary N) is 1. The molecule has 0 aliphatic rings. The zero-order chi connectivity index (χ0) is 24.6. The third kappa shape index (κ3) is 6.39. The van der Waals surface area contributed by atoms with E-state index < -0.39 is 27.9 Å². The van der Waals surface area contributed by atoms with Crippen molar-refractivity contribution in [2.75, 3.05) is 31.6 Å². The van der Waals surface area contributed by atoms with E-state index in [-0.39, 0.29) is 40.5 Å². The van der Waals surface area contributed by atoms with Crippen molar-refractivity contribution in [1.82, 2.24) is 4.31 Å². The van der Waals surface area contributed by atoms with E-state index in [1.165, 1.54) is 46.8 Å². The van der Waals surface area contributed by atoms with E-state index in [2.05, 4.69) is 5.32 Å². The minimum Gasteiger partial charge on any atom is -0.462 e. The normalized spacial score (nSPS) is 11.2. The highest BCUT2D eigenvalue weighted by molar-refractivity contribution is 7.89. The number of hydrogen-bond donors (Lipinski definition) is 1. The highest BCUT2D eigenvalue weighted by atomic mass is 32.2. The van der Waals surface area contributed by atoms with Gasteiger partial charge in [-0.05, 0) is 50.2 Å². The van der Waals surface area contributed by atoms with E-state index in [9.17, 15) is 22.8 Å². The maximum Gasteiger partial charge on any atom is 0.338 e. The second-order valence-electron chi connectivity index (χ2n) is 6.81. The number of sulfonamides is 1. The van der Waals surface area contributed by atoms with Crippen LogP contribution in [0.4, 0.5) is 5.69 Å². The molecule has 10 heteroatoms. The Balaban J connectivity index is 2.39. The van der Waals surface area contributed by atoms with Gasteiger partial charge in [-0.3, -0.25) is 4.79 Å². The van der Waals surface area contributed by atoms with E-state index in [1.807, 2.05) is 0 Å². The molecule has 0 atom stereocenters. The molecule has 1 amide bonds. The summed E-state index contributed by atoms with van der Waals surface area (Å²) in [6.07, 6.45) is 0. The summed E-state index contributed by atoms with van der Waals surface area (Å²) in [4.78, 5) is 37.3. The fourth-order valence-electron chi connectivity index (χ4n) is 3.08. The maximum atomic E-state index is 12.9. The molecule has 2 aromatic carbocycles. The van der Waals surface area contributed by atoms with Crippen LogP contribution in [0.2, 0.25) is 0 Å². The molecule has 0 spiro atoms. The lowest BCUT2D eigenvalue weighted by atomic mass is 10.1. The highest BCUT2D eigenvalue weighted by Crippen LogP contribution is 2.20. The molecule has 33 heavy (non-hydrogen) atoms. The fraction of sp³-hybridized carbons (Fsp3) is 0.348. The summed E-state index contributed by atoms with van der Waals surface area (Å²) in [5.41, 5.74) is 0.388. The van der Waals surface area contributed by atoms with Crippen LogP contribution >= 0.6 is 0 Å². The summed E-state index contributed by atoms with van der Waals surface area (Å²) < 4.78 is 36.8. The zero-order valence-corrected chi connectivity index (χ0v) is 19.9. The van der Waals surface area contributed by atoms with Crippen molar-refractivity contribution in [3.05, 3.63) is 59.2 Å². The summed E-state index contributed by atoms with van der Waals surface area (Å²) in [5, 5.41) is 2.61. The van der Waals surface area contributed by atoms with Crippen LogP contribution in [0.3, 0.4) is 0 Å². The molecule has 0 unspecified atom stereocenters. The Kier molecular flexibility index (Phi) is 9.12. The van der Waals surface area contributed by atoms with E-state index in [0.29, 0.717) is 13.1 Å². The van der Waals surface area contributed by atoms with Gasteiger partial charge in [0.25, 0.3) is 5.91 Å². The summed E-state index contributed by atoms with van der Waals surface area (Å²) in [7, 11) is -3.75. The second-order valence-corrected chi connectivity index (χ2v) is 8.75. The number of hydrogen-bond acceptors (Lipinski definition) is 7. The van der Waals surface area contributed by atoms with Gasteiger partial charge in [0.05, 0.1) is 29.2 Å². The van der Waals surface area contributed by atoms with Gasteiger partial charge in [-0.25, -0.2) is 18.0 Å². The van der Waals surface area contributed by atoms with Gasteiger partial charge >= 0.3 is 11.9 Å². The quantitative estimate of drug-likeness (QED) is 0.523. The second kappa shape index (κ2) is 11.6. The van der Waals surface area contributed by atoms with Crippen molar-refractivity contribution in [2.45, 2.75) is 32.6 Å². The Bertz CT molecular complexity index is 1090. The van der Waals surface area contributed by atoms with Crippen LogP contribution in [0.1, 0.15) is 58.8 Å². The third-order valence-corrected chi connectivity index (χ3v) is 6.70. The first-order valence-electron chi connectivity index (χ1n) is 10.6. The van der Waals surface area contributed by atoms with Crippen LogP contribution < -0.4 is 5.32 Å². The predicted octanol–water partition coefficient (Wildman–Crippen LogP) is 3.32. The topological polar surface area (TPSA) is 119 Å². The number of amides is 1. The minimum absolute atomic E-state index is 0.00802. The molecule has 0 saturated carbocycles. The minimum atomic E-state index is -3.75. The van der Waals surface area contributed by atoms with E-state index in [1.54, 1.807) is 27.7 Å². The Morgan fingerprint density at radius 2 is 1.36 bits per heavy atom. The average Bonchev–Trinajstić information content (AvgIpc) is 2.80. The third-order valence-electron chi connectivity index (χ3n) is 4.65. The summed E-state index contributed by atoms with van der Waals surface area (Å²) in [5.74, 6) is -1.93. The molecule has 0 aliphatic heterocycles. The highest BCUT2D eigenvalue weighted by Gasteiger charge is 2.23. The molecule has 1 N–H and O–H groups in total. The monoisotopic (exact) mass is 476 g/mol. The average molecular weight is 477 g/mol. The summed E-state index contributed by atoms with van der Waals surface area (Å²) >= 11 is 0. The molecule has 9 nitrogen and oxygen atoms in total. The Labute approximate surface area is 193 Å². The molecular formula is C23H28N2O7S. The number of nitrogens with zero attached hydrogens (tertiary/aromatic N) is 1. The van der Waals surface area contributed by atoms with Gasteiger partial charge in [0.1, 0.15) is 0 Å². The fourth-order valence-corrected chi connectivity index (χ4v) is 4.58. The Morgan fingerprint density at radius 3 is 1.85 bits per heavy atom. The van der Waals surface area contributed by atoms with Gasteiger partial charge in [-0.15, -0.1) is 0 Å². The van der Waals surface area contributed by atoms with Crippen LogP contribution in [0.25, 0.3) is 0 Å². The first-order chi connectivity index (χ1) is 15.7. The molecule has 0 heterocycles. The van der Waals surface area contributed by atoms with Crippen molar-refractivity contribution in [2.24, 2.45) is 0 Å². The van der Waals surface area contributed by atoms with Gasteiger partial charge in [0.2, 0.25) is 10.0 Å². The SMILES string of the molecule is CCOC(=O)c1cc(NC(=O)c2cccc(S(=O)(=O)N(CC)CC)c2)cc(C(=O)OCC)c1. The predicted molar refractivity (Wildman–Crippen MR) is 123 cm³/mol. The van der Waals surface area contributed by atoms with E-state index >= 15 is 0 Å². The lowest BCUT2D eigenvalue weighted by Crippen LogP contribution is -2.30. The van der Waals surface area contributed by atoms with E-state index in [4.69, 9.17) is 9.47 Å². The molecule has 0 aliphatic carbocycles. The van der Waals surface area contributed by atoms with Gasteiger partial charge in [0.15, 0.2) is 0 Å². The van der Waals surface area contributed by atoms with Crippen molar-refractivity contribution in [3.8, 4) is 0 Å². The summed E-state index contributed by atoms with van der Waals surface area (Å²) in [6, 6.07) is 9.71. The molecule has 0 fully saturated rings. The van der Waals surface area contributed by atoms with Crippen molar-refractivity contribution in [3.63, 3.8) is 0 Å². The molecule has 0 aromatic heterocycles. The van der Waals surface area contributed by atoms with Crippen LogP contribution in [0, 0.1) is 0 Å². The van der Waals surface area contributed by atoms with Gasteiger partial charge in [-0.1, -0.05) is 19.9 Å². The maximum absolute atomic E-state index is 12.9. The molecule has 0 radical (unpaired) electrons. The molecule has 0 saturated heterocycles. The largest absolute Gasteiger partial charge is 0.462 e. The number of rotatable bonds is 10. The van der Waals surface area contributed by atoms with Gasteiger partial charge < -0.3 is 14.8 Å². The van der Waals surface area contributed by atoms with E-state index in [0.717, 1.165) is 0 Å². The van der Waals surface area contributed by atoms with Crippen LogP contribution in [-0.4, -0.2) is 56.9 Å². The summed E-state index contributed by atoms with van der Waals surface area (Å²) in [6.45, 7) is 7.63. The Morgan fingerprint density at radius 1 is 0.818 bits per heavy atom. The van der Waals surface area contributed by atoms with Gasteiger partial charge in [0, 0.05) is 24.3 Å². The van der Waals surface area contributed by atoms with Crippen molar-refractivity contribution >= 4 is 33.6 Å². The first-order valence-corrected chi connectivity index (χ1v) is 12.0. The molecular weight excluding hydrogens is 448 g/mol. The number of anilines is 1. The molecule has 0 bridgehead atoms. The lowest BCUT2D eigenvalue weighted by Gasteiger charge is -2.18. The standard InChI is InChI=1S/C23H28N2O7S/c1-5-25(6-2)33(29,30)20-11-9-10-16(15-20)21(26)24-19-13-17(22(27)31-7-3)12-18(14-19)23(28)32-8-4/h9-15H,5-8H2,1-4H3,(H,24,26). The first kappa shape index (κ1) is 26.0. The Hall–Kier alpha value is -3.24. The molecule has 2 rings (SSSR count). The van der Waals surface area contributed by atoms with Gasteiger partial charge in [-0.2, -0.15) is 4.31 Å². The smallest absolute Gasteiger partial charge is 0.338 e. The molecule has 2 aromatic rings.